The van der Waals surface area contributed by atoms with Crippen molar-refractivity contribution in [3.05, 3.63) is 65.2 Å². The van der Waals surface area contributed by atoms with Gasteiger partial charge in [0, 0.05) is 13.1 Å². The van der Waals surface area contributed by atoms with E-state index in [9.17, 15) is 14.7 Å². The van der Waals surface area contributed by atoms with Crippen molar-refractivity contribution in [3.8, 4) is 5.75 Å². The number of carbonyl (C=O) groups is 2. The van der Waals surface area contributed by atoms with Crippen molar-refractivity contribution in [3.63, 3.8) is 0 Å². The average molecular weight is 408 g/mol. The number of fused-ring (bicyclic) bond motifs is 1. The molecule has 6 nitrogen and oxygen atoms in total. The van der Waals surface area contributed by atoms with Crippen LogP contribution in [-0.2, 0) is 6.54 Å². The first kappa shape index (κ1) is 20.6. The molecule has 2 heterocycles. The molecule has 1 unspecified atom stereocenters. The van der Waals surface area contributed by atoms with Crippen molar-refractivity contribution in [2.24, 2.45) is 0 Å². The third-order valence-corrected chi connectivity index (χ3v) is 5.76. The van der Waals surface area contributed by atoms with Crippen LogP contribution in [0.3, 0.4) is 0 Å². The molecule has 0 aromatic heterocycles. The summed E-state index contributed by atoms with van der Waals surface area (Å²) >= 11 is 0. The summed E-state index contributed by atoms with van der Waals surface area (Å²) in [6.07, 6.45) is 3.35. The van der Waals surface area contributed by atoms with Crippen LogP contribution in [0.25, 0.3) is 0 Å². The van der Waals surface area contributed by atoms with Crippen LogP contribution >= 0.6 is 0 Å². The van der Waals surface area contributed by atoms with Crippen molar-refractivity contribution < 1.29 is 19.4 Å². The standard InChI is InChI=1S/C24H28N2O4/c27-19(11-14-26-23(28)21-9-2-3-10-22(21)24(26)29)17-30-20-8-6-7-18(15-20)16-25-12-4-1-5-13-25/h2-3,6-10,15,19,27H,1,4-5,11-14,16-17H2. The molecule has 1 atom stereocenters. The summed E-state index contributed by atoms with van der Waals surface area (Å²) in [6, 6.07) is 14.8. The summed E-state index contributed by atoms with van der Waals surface area (Å²) in [5, 5.41) is 10.3. The molecule has 1 fully saturated rings. The minimum absolute atomic E-state index is 0.121. The van der Waals surface area contributed by atoms with E-state index in [4.69, 9.17) is 4.74 Å². The second-order valence-electron chi connectivity index (χ2n) is 8.05. The van der Waals surface area contributed by atoms with Crippen molar-refractivity contribution in [1.29, 1.82) is 0 Å². The number of imide groups is 1. The fourth-order valence-corrected chi connectivity index (χ4v) is 4.11. The zero-order valence-corrected chi connectivity index (χ0v) is 17.1. The van der Waals surface area contributed by atoms with Gasteiger partial charge in [0.2, 0.25) is 0 Å². The highest BCUT2D eigenvalue weighted by Gasteiger charge is 2.34. The molecule has 4 rings (SSSR count). The number of nitrogens with zero attached hydrogens (tertiary/aromatic N) is 2. The predicted molar refractivity (Wildman–Crippen MR) is 113 cm³/mol. The summed E-state index contributed by atoms with van der Waals surface area (Å²) in [5.74, 6) is 0.132. The Hall–Kier alpha value is -2.70. The second kappa shape index (κ2) is 9.41. The molecule has 0 radical (unpaired) electrons. The summed E-state index contributed by atoms with van der Waals surface area (Å²) in [6.45, 7) is 3.49. The third-order valence-electron chi connectivity index (χ3n) is 5.76. The maximum Gasteiger partial charge on any atom is 0.261 e. The lowest BCUT2D eigenvalue weighted by Crippen LogP contribution is -2.33. The van der Waals surface area contributed by atoms with Gasteiger partial charge in [0.1, 0.15) is 12.4 Å². The number of amides is 2. The van der Waals surface area contributed by atoms with Crippen molar-refractivity contribution in [1.82, 2.24) is 9.80 Å². The second-order valence-corrected chi connectivity index (χ2v) is 8.05. The number of ether oxygens (including phenoxy) is 1. The van der Waals surface area contributed by atoms with Crippen molar-refractivity contribution in [2.45, 2.75) is 38.3 Å². The first-order valence-electron chi connectivity index (χ1n) is 10.7. The topological polar surface area (TPSA) is 70.1 Å². The van der Waals surface area contributed by atoms with Gasteiger partial charge < -0.3 is 9.84 Å². The molecule has 0 aliphatic carbocycles. The maximum atomic E-state index is 12.4. The molecule has 0 saturated carbocycles. The summed E-state index contributed by atoms with van der Waals surface area (Å²) in [7, 11) is 0. The number of aliphatic hydroxyl groups excluding tert-OH is 1. The normalized spacial score (nSPS) is 17.8. The molecule has 0 spiro atoms. The number of hydrogen-bond donors (Lipinski definition) is 1. The Morgan fingerprint density at radius 3 is 2.33 bits per heavy atom. The minimum atomic E-state index is -0.764. The molecule has 0 bridgehead atoms. The Labute approximate surface area is 177 Å². The van der Waals surface area contributed by atoms with Gasteiger partial charge in [-0.1, -0.05) is 30.7 Å². The number of piperidine rings is 1. The highest BCUT2D eigenvalue weighted by atomic mass is 16.5. The zero-order valence-electron chi connectivity index (χ0n) is 17.1. The van der Waals surface area contributed by atoms with Crippen LogP contribution in [0.2, 0.25) is 0 Å². The molecule has 1 N–H and O–H groups in total. The van der Waals surface area contributed by atoms with E-state index in [-0.39, 0.29) is 31.4 Å². The average Bonchev–Trinajstić information content (AvgIpc) is 3.02. The number of rotatable bonds is 8. The summed E-state index contributed by atoms with van der Waals surface area (Å²) in [4.78, 5) is 28.4. The van der Waals surface area contributed by atoms with E-state index in [0.29, 0.717) is 11.1 Å². The van der Waals surface area contributed by atoms with Gasteiger partial charge in [0.05, 0.1) is 17.2 Å². The van der Waals surface area contributed by atoms with Crippen LogP contribution in [0.15, 0.2) is 48.5 Å². The molecule has 2 amide bonds. The fourth-order valence-electron chi connectivity index (χ4n) is 4.11. The van der Waals surface area contributed by atoms with E-state index in [1.807, 2.05) is 18.2 Å². The van der Waals surface area contributed by atoms with Crippen LogP contribution < -0.4 is 4.74 Å². The highest BCUT2D eigenvalue weighted by Crippen LogP contribution is 2.23. The number of carbonyl (C=O) groups excluding carboxylic acids is 2. The summed E-state index contributed by atoms with van der Waals surface area (Å²) < 4.78 is 5.77. The van der Waals surface area contributed by atoms with E-state index < -0.39 is 6.10 Å². The van der Waals surface area contributed by atoms with Gasteiger partial charge in [-0.3, -0.25) is 19.4 Å². The lowest BCUT2D eigenvalue weighted by atomic mass is 10.1. The van der Waals surface area contributed by atoms with Gasteiger partial charge in [-0.05, 0) is 62.2 Å². The van der Waals surface area contributed by atoms with E-state index >= 15 is 0 Å². The Kier molecular flexibility index (Phi) is 6.45. The first-order chi connectivity index (χ1) is 14.6. The molecule has 6 heteroatoms. The molecule has 30 heavy (non-hydrogen) atoms. The van der Waals surface area contributed by atoms with Crippen molar-refractivity contribution >= 4 is 11.8 Å². The van der Waals surface area contributed by atoms with E-state index in [2.05, 4.69) is 11.0 Å². The SMILES string of the molecule is O=C1c2ccccc2C(=O)N1CCC(O)COc1cccc(CN2CCCCC2)c1. The molecule has 158 valence electrons. The van der Waals surface area contributed by atoms with Crippen LogP contribution in [-0.4, -0.2) is 59.1 Å². The van der Waals surface area contributed by atoms with E-state index in [1.165, 1.54) is 29.7 Å². The van der Waals surface area contributed by atoms with Gasteiger partial charge in [-0.2, -0.15) is 0 Å². The first-order valence-corrected chi connectivity index (χ1v) is 10.7. The van der Waals surface area contributed by atoms with Gasteiger partial charge in [0.25, 0.3) is 11.8 Å². The monoisotopic (exact) mass is 408 g/mol. The minimum Gasteiger partial charge on any atom is -0.491 e. The summed E-state index contributed by atoms with van der Waals surface area (Å²) in [5.41, 5.74) is 2.06. The molecule has 1 saturated heterocycles. The predicted octanol–water partition coefficient (Wildman–Crippen LogP) is 3.10. The quantitative estimate of drug-likeness (QED) is 0.680. The van der Waals surface area contributed by atoms with Crippen LogP contribution in [0.4, 0.5) is 0 Å². The molecular formula is C24H28N2O4. The number of aliphatic hydroxyl groups is 1. The molecule has 2 aliphatic heterocycles. The lowest BCUT2D eigenvalue weighted by Gasteiger charge is -2.26. The van der Waals surface area contributed by atoms with Crippen LogP contribution in [0.1, 0.15) is 52.0 Å². The Morgan fingerprint density at radius 1 is 0.933 bits per heavy atom. The van der Waals surface area contributed by atoms with Gasteiger partial charge in [-0.25, -0.2) is 0 Å². The molecule has 2 aromatic carbocycles. The van der Waals surface area contributed by atoms with E-state index in [0.717, 1.165) is 25.4 Å². The molecule has 2 aromatic rings. The zero-order chi connectivity index (χ0) is 20.9. The fraction of sp³-hybridized carbons (Fsp3) is 0.417. The van der Waals surface area contributed by atoms with Gasteiger partial charge in [-0.15, -0.1) is 0 Å². The smallest absolute Gasteiger partial charge is 0.261 e. The Balaban J connectivity index is 1.25. The van der Waals surface area contributed by atoms with E-state index in [1.54, 1.807) is 24.3 Å². The van der Waals surface area contributed by atoms with Gasteiger partial charge >= 0.3 is 0 Å². The number of hydrogen-bond acceptors (Lipinski definition) is 5. The highest BCUT2D eigenvalue weighted by molar-refractivity contribution is 6.21. The number of benzene rings is 2. The van der Waals surface area contributed by atoms with Gasteiger partial charge in [0.15, 0.2) is 0 Å². The third kappa shape index (κ3) is 4.71. The molecular weight excluding hydrogens is 380 g/mol. The largest absolute Gasteiger partial charge is 0.491 e. The van der Waals surface area contributed by atoms with Crippen LogP contribution in [0, 0.1) is 0 Å². The Morgan fingerprint density at radius 2 is 1.63 bits per heavy atom. The maximum absolute atomic E-state index is 12.4. The van der Waals surface area contributed by atoms with Crippen LogP contribution in [0.5, 0.6) is 5.75 Å². The van der Waals surface area contributed by atoms with Crippen molar-refractivity contribution in [2.75, 3.05) is 26.2 Å². The Bertz CT molecular complexity index is 873. The lowest BCUT2D eigenvalue weighted by molar-refractivity contribution is 0.0581. The number of likely N-dealkylation sites (tertiary alicyclic amines) is 1. The molecule has 2 aliphatic rings.